The van der Waals surface area contributed by atoms with Crippen molar-refractivity contribution >= 4 is 30.3 Å². The highest BCUT2D eigenvalue weighted by atomic mass is 31.1. The Morgan fingerprint density at radius 1 is 1.05 bits per heavy atom. The molecule has 0 heterocycles. The monoisotopic (exact) mass is 320 g/mol. The number of carbonyl (C=O) groups is 1. The first-order chi connectivity index (χ1) is 8.55. The van der Waals surface area contributed by atoms with Crippen molar-refractivity contribution in [1.82, 2.24) is 0 Å². The summed E-state index contributed by atoms with van der Waals surface area (Å²) in [6, 6.07) is 0. The molecule has 0 atom stereocenters. The first kappa shape index (κ1) is 18.8. The Balaban J connectivity index is 4.46. The Labute approximate surface area is 120 Å². The van der Waals surface area contributed by atoms with E-state index in [2.05, 4.69) is 45.2 Å². The van der Waals surface area contributed by atoms with Crippen LogP contribution in [0, 0.1) is 12.3 Å². The second-order valence-corrected chi connectivity index (χ2v) is 17.1. The summed E-state index contributed by atoms with van der Waals surface area (Å²) in [5, 5.41) is 0. The molecule has 0 radical (unpaired) electrons. The third-order valence-electron chi connectivity index (χ3n) is 1.84. The van der Waals surface area contributed by atoms with Crippen molar-refractivity contribution in [2.24, 2.45) is 0 Å². The minimum Gasteiger partial charge on any atom is -0.449 e. The second kappa shape index (κ2) is 8.18. The fourth-order valence-electron chi connectivity index (χ4n) is 0.881. The normalized spacial score (nSPS) is 12.3. The van der Waals surface area contributed by atoms with E-state index in [9.17, 15) is 4.79 Å². The minimum absolute atomic E-state index is 0.0115. The largest absolute Gasteiger partial charge is 0.449 e. The number of ether oxygens (including phenoxy) is 1. The van der Waals surface area contributed by atoms with E-state index in [4.69, 9.17) is 20.0 Å². The van der Waals surface area contributed by atoms with Gasteiger partial charge in [-0.2, -0.15) is 0 Å². The molecule has 0 fully saturated rings. The molecule has 0 aromatic carbocycles. The first-order valence-electron chi connectivity index (χ1n) is 6.18. The van der Waals surface area contributed by atoms with Crippen molar-refractivity contribution in [1.29, 1.82) is 0 Å². The van der Waals surface area contributed by atoms with E-state index in [0.717, 1.165) is 0 Å². The Morgan fingerprint density at radius 3 is 1.79 bits per heavy atom. The average Bonchev–Trinajstić information content (AvgIpc) is 2.23. The molecule has 0 aliphatic heterocycles. The van der Waals surface area contributed by atoms with Crippen LogP contribution in [0.25, 0.3) is 0 Å². The Morgan fingerprint density at radius 2 is 1.47 bits per heavy atom. The van der Waals surface area contributed by atoms with Crippen LogP contribution in [0.2, 0.25) is 39.3 Å². The van der Waals surface area contributed by atoms with Crippen LogP contribution in [-0.2, 0) is 13.6 Å². The molecule has 0 unspecified atom stereocenters. The van der Waals surface area contributed by atoms with E-state index in [1.165, 1.54) is 0 Å². The number of hydrogen-bond acceptors (Lipinski definition) is 4. The summed E-state index contributed by atoms with van der Waals surface area (Å²) in [5.41, 5.74) is -0.274. The summed E-state index contributed by atoms with van der Waals surface area (Å²) in [4.78, 5) is 11.9. The minimum atomic E-state index is -1.65. The summed E-state index contributed by atoms with van der Waals surface area (Å²) in [6.45, 7) is 12.6. The molecule has 0 spiro atoms. The summed E-state index contributed by atoms with van der Waals surface area (Å²) >= 11 is 0. The molecule has 19 heavy (non-hydrogen) atoms. The van der Waals surface area contributed by atoms with Gasteiger partial charge < -0.3 is 13.6 Å². The third kappa shape index (κ3) is 11.3. The van der Waals surface area contributed by atoms with Gasteiger partial charge in [0.15, 0.2) is 23.2 Å². The van der Waals surface area contributed by atoms with Crippen LogP contribution < -0.4 is 0 Å². The topological polar surface area (TPSA) is 44.8 Å². The van der Waals surface area contributed by atoms with Gasteiger partial charge in [0.25, 0.3) is 0 Å². The lowest BCUT2D eigenvalue weighted by molar-refractivity contribution is 0.186. The van der Waals surface area contributed by atoms with Gasteiger partial charge in [0.1, 0.15) is 0 Å². The van der Waals surface area contributed by atoms with Crippen molar-refractivity contribution in [3.63, 3.8) is 0 Å². The van der Waals surface area contributed by atoms with Gasteiger partial charge in [-0.1, -0.05) is 5.92 Å². The predicted octanol–water partition coefficient (Wildman–Crippen LogP) is 3.86. The molecule has 4 nitrogen and oxygen atoms in total. The average molecular weight is 320 g/mol. The number of terminal acetylenes is 1. The molecule has 0 aromatic rings. The molecule has 0 N–H and O–H groups in total. The van der Waals surface area contributed by atoms with E-state index >= 15 is 0 Å². The standard InChI is InChI=1S/C12H25O4PSi2/c1-8-9-14-12(13)17(10-15-18(2,3)4)11-16-19(5,6)7/h1H,9-11H2,2-7H3. The highest BCUT2D eigenvalue weighted by molar-refractivity contribution is 7.74. The fourth-order valence-corrected chi connectivity index (χ4v) is 5.76. The zero-order valence-electron chi connectivity index (χ0n) is 12.8. The van der Waals surface area contributed by atoms with Gasteiger partial charge in [-0.05, 0) is 39.3 Å². The van der Waals surface area contributed by atoms with Crippen molar-refractivity contribution in [2.45, 2.75) is 39.3 Å². The van der Waals surface area contributed by atoms with Crippen LogP contribution in [0.5, 0.6) is 0 Å². The van der Waals surface area contributed by atoms with Gasteiger partial charge in [-0.3, -0.25) is 0 Å². The molecule has 7 heteroatoms. The molecule has 0 aromatic heterocycles. The predicted molar refractivity (Wildman–Crippen MR) is 85.7 cm³/mol. The van der Waals surface area contributed by atoms with E-state index in [1.807, 2.05) is 0 Å². The van der Waals surface area contributed by atoms with Crippen LogP contribution >= 0.6 is 7.92 Å². The SMILES string of the molecule is C#CCOC(=O)P(CO[Si](C)(C)C)CO[Si](C)(C)C. The zero-order valence-corrected chi connectivity index (χ0v) is 15.7. The summed E-state index contributed by atoms with van der Waals surface area (Å²) < 4.78 is 16.6. The Kier molecular flexibility index (Phi) is 8.10. The molecule has 0 aliphatic carbocycles. The Hall–Kier alpha value is -0.186. The molecule has 0 aliphatic rings. The molecule has 0 rings (SSSR count). The molecular weight excluding hydrogens is 295 g/mol. The van der Waals surface area contributed by atoms with Crippen molar-refractivity contribution in [3.8, 4) is 12.3 Å². The van der Waals surface area contributed by atoms with Gasteiger partial charge in [-0.15, -0.1) is 6.42 Å². The quantitative estimate of drug-likeness (QED) is 0.387. The summed E-state index contributed by atoms with van der Waals surface area (Å²) in [6.07, 6.45) is 5.90. The summed E-state index contributed by atoms with van der Waals surface area (Å²) in [7, 11) is -4.39. The van der Waals surface area contributed by atoms with E-state index < -0.39 is 24.6 Å². The van der Waals surface area contributed by atoms with Gasteiger partial charge in [0, 0.05) is 0 Å². The maximum atomic E-state index is 11.9. The molecule has 0 saturated heterocycles. The highest BCUT2D eigenvalue weighted by Gasteiger charge is 2.26. The molecule has 0 bridgehead atoms. The van der Waals surface area contributed by atoms with Crippen LogP contribution in [0.1, 0.15) is 0 Å². The van der Waals surface area contributed by atoms with Crippen molar-refractivity contribution < 1.29 is 18.4 Å². The lowest BCUT2D eigenvalue weighted by Crippen LogP contribution is -2.29. The summed E-state index contributed by atoms with van der Waals surface area (Å²) in [5.74, 6) is 2.30. The number of rotatable bonds is 8. The zero-order chi connectivity index (χ0) is 15.1. The lowest BCUT2D eigenvalue weighted by Gasteiger charge is -2.25. The molecule has 0 amide bonds. The van der Waals surface area contributed by atoms with E-state index in [0.29, 0.717) is 12.7 Å². The molecular formula is C12H25O4PSi2. The number of hydrogen-bond donors (Lipinski definition) is 0. The highest BCUT2D eigenvalue weighted by Crippen LogP contribution is 2.39. The van der Waals surface area contributed by atoms with Crippen LogP contribution in [-0.4, -0.2) is 41.6 Å². The van der Waals surface area contributed by atoms with Crippen LogP contribution in [0.15, 0.2) is 0 Å². The van der Waals surface area contributed by atoms with Gasteiger partial charge in [0.05, 0.1) is 20.6 Å². The fraction of sp³-hybridized carbons (Fsp3) is 0.750. The van der Waals surface area contributed by atoms with Crippen molar-refractivity contribution in [2.75, 3.05) is 19.3 Å². The lowest BCUT2D eigenvalue weighted by atomic mass is 10.8. The van der Waals surface area contributed by atoms with Gasteiger partial charge in [0.2, 0.25) is 0 Å². The molecule has 0 saturated carbocycles. The van der Waals surface area contributed by atoms with Crippen LogP contribution in [0.4, 0.5) is 4.79 Å². The van der Waals surface area contributed by atoms with E-state index in [1.54, 1.807) is 0 Å². The number of carbonyl (C=O) groups excluding carboxylic acids is 1. The Bertz CT molecular complexity index is 310. The molecule has 110 valence electrons. The van der Waals surface area contributed by atoms with Gasteiger partial charge >= 0.3 is 5.71 Å². The maximum Gasteiger partial charge on any atom is 0.331 e. The maximum absolute atomic E-state index is 11.9. The van der Waals surface area contributed by atoms with E-state index in [-0.39, 0.29) is 12.3 Å². The van der Waals surface area contributed by atoms with Gasteiger partial charge in [-0.25, -0.2) is 4.79 Å². The first-order valence-corrected chi connectivity index (χ1v) is 14.7. The van der Waals surface area contributed by atoms with Crippen molar-refractivity contribution in [3.05, 3.63) is 0 Å². The second-order valence-electron chi connectivity index (χ2n) is 6.07. The third-order valence-corrected chi connectivity index (χ3v) is 5.88. The smallest absolute Gasteiger partial charge is 0.331 e. The van der Waals surface area contributed by atoms with Crippen LogP contribution in [0.3, 0.4) is 0 Å².